The maximum absolute atomic E-state index is 13.6. The zero-order chi connectivity index (χ0) is 76.9. The van der Waals surface area contributed by atoms with E-state index in [1.807, 2.05) is 54.6 Å². The molecule has 1 saturated carbocycles. The van der Waals surface area contributed by atoms with Crippen molar-refractivity contribution < 1.29 is 83.3 Å². The number of piperidine rings is 1. The van der Waals surface area contributed by atoms with Crippen molar-refractivity contribution >= 4 is 47.2 Å². The van der Waals surface area contributed by atoms with Gasteiger partial charge >= 0.3 is 0 Å². The number of hydrogen-bond donors (Lipinski definition) is 6. The van der Waals surface area contributed by atoms with Gasteiger partial charge in [-0.25, -0.2) is 46.1 Å². The first-order chi connectivity index (χ1) is 52.7. The lowest BCUT2D eigenvalue weighted by Gasteiger charge is -2.39. The third kappa shape index (κ3) is 19.3. The summed E-state index contributed by atoms with van der Waals surface area (Å²) in [6.45, 7) is 2.93. The molecule has 0 aromatic heterocycles. The third-order valence-corrected chi connectivity index (χ3v) is 28.1. The highest BCUT2D eigenvalue weighted by Crippen LogP contribution is 2.41. The van der Waals surface area contributed by atoms with Gasteiger partial charge in [0.2, 0.25) is 0 Å². The molecule has 0 bridgehead atoms. The number of hydrogen-bond acceptors (Lipinski definition) is 18. The Bertz CT molecular complexity index is 4830. The maximum atomic E-state index is 13.6. The van der Waals surface area contributed by atoms with Crippen molar-refractivity contribution in [3.8, 4) is 50.6 Å². The van der Waals surface area contributed by atoms with Crippen molar-refractivity contribution in [3.63, 3.8) is 0 Å². The van der Waals surface area contributed by atoms with Gasteiger partial charge in [-0.3, -0.25) is 30.0 Å². The number of rotatable bonds is 28. The lowest BCUT2D eigenvalue weighted by atomic mass is 9.94. The highest BCUT2D eigenvalue weighted by molar-refractivity contribution is 7.94. The van der Waals surface area contributed by atoms with Crippen molar-refractivity contribution in [3.05, 3.63) is 253 Å². The predicted octanol–water partition coefficient (Wildman–Crippen LogP) is 13.2. The van der Waals surface area contributed by atoms with E-state index in [9.17, 15) is 49.2 Å². The van der Waals surface area contributed by atoms with Gasteiger partial charge in [0.15, 0.2) is 43.8 Å². The van der Waals surface area contributed by atoms with E-state index in [0.29, 0.717) is 56.2 Å². The molecule has 574 valence electrons. The number of aryl methyl sites for hydroxylation is 3. The number of nitrogens with one attached hydrogen (secondary N) is 3. The quantitative estimate of drug-likeness (QED) is 0.0151. The predicted molar refractivity (Wildman–Crippen MR) is 410 cm³/mol. The third-order valence-electron chi connectivity index (χ3n) is 20.6. The summed E-state index contributed by atoms with van der Waals surface area (Å²) in [5, 5.41) is 27.7. The molecule has 9 aromatic carbocycles. The molecular weight excluding hydrogens is 1450 g/mol. The van der Waals surface area contributed by atoms with Gasteiger partial charge < -0.3 is 28.6 Å². The monoisotopic (exact) mass is 1540 g/mol. The Morgan fingerprint density at radius 3 is 1.06 bits per heavy atom. The van der Waals surface area contributed by atoms with Crippen LogP contribution in [0.4, 0.5) is 4.39 Å². The van der Waals surface area contributed by atoms with E-state index < -0.39 is 61.5 Å². The number of carbonyl (C=O) groups excluding carboxylic acids is 3. The van der Waals surface area contributed by atoms with Crippen LogP contribution in [-0.2, 0) is 72.6 Å². The maximum Gasteiger partial charge on any atom is 0.265 e. The summed E-state index contributed by atoms with van der Waals surface area (Å²) >= 11 is 0. The smallest absolute Gasteiger partial charge is 0.265 e. The normalized spacial score (nSPS) is 16.1. The Hall–Kier alpha value is -9.67. The van der Waals surface area contributed by atoms with E-state index in [0.717, 1.165) is 68.1 Å². The van der Waals surface area contributed by atoms with Crippen LogP contribution in [0.2, 0.25) is 0 Å². The highest BCUT2D eigenvalue weighted by atomic mass is 32.2. The van der Waals surface area contributed by atoms with Crippen molar-refractivity contribution in [1.82, 2.24) is 21.3 Å². The first-order valence-corrected chi connectivity index (χ1v) is 41.0. The fourth-order valence-electron chi connectivity index (χ4n) is 14.1. The van der Waals surface area contributed by atoms with E-state index in [1.165, 1.54) is 92.9 Å². The van der Waals surface area contributed by atoms with Gasteiger partial charge in [0.05, 0.1) is 34.5 Å². The lowest BCUT2D eigenvalue weighted by Crippen LogP contribution is -2.58. The van der Waals surface area contributed by atoms with E-state index in [1.54, 1.807) is 54.0 Å². The number of likely N-dealkylation sites (tertiary alicyclic amines) is 1. The Kier molecular flexibility index (Phi) is 27.4. The minimum Gasteiger partial charge on any atom is -0.494 e. The number of amides is 3. The van der Waals surface area contributed by atoms with Crippen molar-refractivity contribution in [1.29, 1.82) is 0 Å². The van der Waals surface area contributed by atoms with Crippen LogP contribution in [0.3, 0.4) is 0 Å². The van der Waals surface area contributed by atoms with Gasteiger partial charge in [0.25, 0.3) is 17.7 Å². The second-order valence-electron chi connectivity index (χ2n) is 27.4. The number of carbonyl (C=O) groups is 3. The molecule has 0 unspecified atom stereocenters. The number of benzene rings is 9. The van der Waals surface area contributed by atoms with E-state index in [2.05, 4.69) is 83.8 Å². The second kappa shape index (κ2) is 37.2. The zero-order valence-corrected chi connectivity index (χ0v) is 62.8. The molecule has 21 nitrogen and oxygen atoms in total. The fourth-order valence-corrected chi connectivity index (χ4v) is 19.9. The summed E-state index contributed by atoms with van der Waals surface area (Å²) in [6, 6.07) is 70.7. The van der Waals surface area contributed by atoms with Gasteiger partial charge in [-0.1, -0.05) is 146 Å². The number of nitrogens with zero attached hydrogens (tertiary/aromatic N) is 1. The molecule has 0 radical (unpaired) electrons. The summed E-state index contributed by atoms with van der Waals surface area (Å²) in [6.07, 6.45) is 7.30. The Balaban J connectivity index is 0.000000163. The number of halogens is 1. The summed E-state index contributed by atoms with van der Waals surface area (Å²) < 4.78 is 116. The SMILES string of the molecule is O=C(NO)C1(S(=O)(=O)c2ccc(OCCCc3ccc(-c4ccccc4)cc3)cc2)CCOCC1.O=C(NO)C1(S(=O)(=O)c2ccc(OCCCc3cccc(-c4ccc(F)cc4)c3)cc2)CCOCC1.O=C(NO)C1(S(=O)(=O)c2ccc(OCCCc3cccc(-c4ccccc4)c3)cc2)CCN(C2CC2)CC1. The molecule has 1 aliphatic carbocycles. The minimum atomic E-state index is -4.07. The highest BCUT2D eigenvalue weighted by Gasteiger charge is 2.55. The average molecular weight is 1540 g/mol. The van der Waals surface area contributed by atoms with Gasteiger partial charge in [-0.05, 0) is 225 Å². The lowest BCUT2D eigenvalue weighted by molar-refractivity contribution is -0.135. The summed E-state index contributed by atoms with van der Waals surface area (Å²) in [4.78, 5) is 39.7. The molecule has 25 heteroatoms. The van der Waals surface area contributed by atoms with Crippen molar-refractivity contribution in [2.75, 3.05) is 59.3 Å². The van der Waals surface area contributed by atoms with Gasteiger partial charge in [-0.2, -0.15) is 0 Å². The molecular formula is C84H91FN4O17S3. The molecule has 13 rings (SSSR count). The van der Waals surface area contributed by atoms with Gasteiger partial charge in [0.1, 0.15) is 23.1 Å². The standard InChI is InChI=1S/C30H34N2O5S.C27H28FNO6S.C27H29NO6S/c33-29(31-34)30(17-19-32(20-18-30)26-11-12-26)38(35,36)28-15-13-27(14-16-28)37-21-5-7-23-6-4-10-25(22-23)24-8-2-1-3-9-24;28-23-8-6-21(7-9-23)22-5-1-3-20(19-22)4-2-16-35-24-10-12-25(13-11-24)36(32,33)27(26(30)29-31)14-17-34-18-15-27;29-26(28-30)27(16-19-33-20-17-27)35(31,32)25-14-12-24(13-15-25)34-18-4-5-21-8-10-23(11-9-21)22-6-2-1-3-7-22/h1-4,6,8-10,13-16,22,26,34H,5,7,11-12,17-21H2,(H,31,33);1,3,5-13,19,31H,2,4,14-18H2,(H,29,30);1-3,6-15,30H,4-5,16-20H2,(H,28,29). The van der Waals surface area contributed by atoms with Crippen LogP contribution in [0.15, 0.2) is 245 Å². The molecule has 9 aromatic rings. The molecule has 0 spiro atoms. The molecule has 0 atom stereocenters. The zero-order valence-electron chi connectivity index (χ0n) is 60.4. The fraction of sp³-hybridized carbons (Fsp3) is 0.321. The van der Waals surface area contributed by atoms with E-state index in [-0.39, 0.29) is 85.5 Å². The molecule has 3 heterocycles. The van der Waals surface area contributed by atoms with Crippen molar-refractivity contribution in [2.45, 2.75) is 125 Å². The number of sulfone groups is 3. The average Bonchev–Trinajstić information content (AvgIpc) is 1.69. The number of ether oxygens (including phenoxy) is 5. The molecule has 3 aliphatic heterocycles. The molecule has 4 aliphatic rings. The first kappa shape index (κ1) is 80.3. The van der Waals surface area contributed by atoms with Crippen LogP contribution in [-0.4, -0.2) is 143 Å². The van der Waals surface area contributed by atoms with Crippen LogP contribution in [0.1, 0.15) is 87.3 Å². The summed E-state index contributed by atoms with van der Waals surface area (Å²) in [5.41, 5.74) is 14.9. The molecule has 3 saturated heterocycles. The molecule has 4 fully saturated rings. The molecule has 3 amide bonds. The molecule has 109 heavy (non-hydrogen) atoms. The van der Waals surface area contributed by atoms with Crippen molar-refractivity contribution in [2.24, 2.45) is 0 Å². The van der Waals surface area contributed by atoms with Crippen LogP contribution < -0.4 is 30.7 Å². The van der Waals surface area contributed by atoms with Gasteiger partial charge in [0, 0.05) is 45.6 Å². The van der Waals surface area contributed by atoms with Crippen LogP contribution >= 0.6 is 0 Å². The Labute approximate surface area is 636 Å². The second-order valence-corrected chi connectivity index (χ2v) is 34.2. The molecule has 6 N–H and O–H groups in total. The van der Waals surface area contributed by atoms with Crippen LogP contribution in [0.25, 0.3) is 33.4 Å². The minimum absolute atomic E-state index is 0.00820. The largest absolute Gasteiger partial charge is 0.494 e. The first-order valence-electron chi connectivity index (χ1n) is 36.5. The Morgan fingerprint density at radius 1 is 0.385 bits per heavy atom. The number of hydroxylamine groups is 3. The van der Waals surface area contributed by atoms with Crippen LogP contribution in [0.5, 0.6) is 17.2 Å². The van der Waals surface area contributed by atoms with E-state index >= 15 is 0 Å². The van der Waals surface area contributed by atoms with Gasteiger partial charge in [-0.15, -0.1) is 0 Å². The van der Waals surface area contributed by atoms with E-state index in [4.69, 9.17) is 34.1 Å². The van der Waals surface area contributed by atoms with Crippen LogP contribution in [0, 0.1) is 5.82 Å². The topological polar surface area (TPSA) is 300 Å². The Morgan fingerprint density at radius 2 is 0.697 bits per heavy atom. The summed E-state index contributed by atoms with van der Waals surface area (Å²) in [5.74, 6) is -1.36. The summed E-state index contributed by atoms with van der Waals surface area (Å²) in [7, 11) is -12.1.